The molecule has 6 heteroatoms. The van der Waals surface area contributed by atoms with Gasteiger partial charge in [0.2, 0.25) is 11.8 Å². The molecule has 2 heterocycles. The van der Waals surface area contributed by atoms with Crippen LogP contribution in [0.25, 0.3) is 5.69 Å². The van der Waals surface area contributed by atoms with E-state index in [1.165, 1.54) is 9.70 Å². The maximum Gasteiger partial charge on any atom is 0.233 e. The molecule has 0 saturated carbocycles. The van der Waals surface area contributed by atoms with Crippen LogP contribution in [0.1, 0.15) is 19.5 Å². The summed E-state index contributed by atoms with van der Waals surface area (Å²) in [5.74, 6) is -0.799. The van der Waals surface area contributed by atoms with Crippen LogP contribution in [-0.2, 0) is 16.1 Å². The fourth-order valence-corrected chi connectivity index (χ4v) is 2.40. The van der Waals surface area contributed by atoms with Crippen molar-refractivity contribution >= 4 is 11.8 Å². The van der Waals surface area contributed by atoms with Crippen molar-refractivity contribution in [3.8, 4) is 5.69 Å². The van der Waals surface area contributed by atoms with Crippen LogP contribution in [0, 0.1) is 11.8 Å². The summed E-state index contributed by atoms with van der Waals surface area (Å²) >= 11 is 0. The van der Waals surface area contributed by atoms with E-state index in [1.54, 1.807) is 20.0 Å². The van der Waals surface area contributed by atoms with Crippen molar-refractivity contribution in [3.05, 3.63) is 42.2 Å². The van der Waals surface area contributed by atoms with E-state index in [4.69, 9.17) is 0 Å². The Morgan fingerprint density at radius 2 is 1.67 bits per heavy atom. The lowest BCUT2D eigenvalue weighted by molar-refractivity contribution is -0.140. The van der Waals surface area contributed by atoms with Gasteiger partial charge < -0.3 is 0 Å². The van der Waals surface area contributed by atoms with Gasteiger partial charge in [0, 0.05) is 11.8 Å². The number of para-hydroxylation sites is 1. The number of hydrogen-bond donors (Lipinski definition) is 0. The Labute approximate surface area is 122 Å². The predicted octanol–water partition coefficient (Wildman–Crippen LogP) is 1.41. The lowest BCUT2D eigenvalue weighted by atomic mass is 10.00. The molecule has 21 heavy (non-hydrogen) atoms. The minimum absolute atomic E-state index is 0.137. The van der Waals surface area contributed by atoms with Gasteiger partial charge in [0.25, 0.3) is 0 Å². The van der Waals surface area contributed by atoms with Gasteiger partial charge in [0.05, 0.1) is 18.4 Å². The number of rotatable bonds is 3. The van der Waals surface area contributed by atoms with Gasteiger partial charge in [-0.15, -0.1) is 0 Å². The van der Waals surface area contributed by atoms with Crippen molar-refractivity contribution in [1.29, 1.82) is 0 Å². The van der Waals surface area contributed by atoms with Gasteiger partial charge >= 0.3 is 0 Å². The van der Waals surface area contributed by atoms with Crippen molar-refractivity contribution < 1.29 is 9.59 Å². The molecule has 6 nitrogen and oxygen atoms in total. The molecule has 2 aromatic rings. The summed E-state index contributed by atoms with van der Waals surface area (Å²) in [7, 11) is 0. The molecule has 0 aliphatic carbocycles. The summed E-state index contributed by atoms with van der Waals surface area (Å²) < 4.78 is 0. The fourth-order valence-electron chi connectivity index (χ4n) is 2.40. The molecule has 0 spiro atoms. The van der Waals surface area contributed by atoms with Crippen LogP contribution in [-0.4, -0.2) is 31.7 Å². The van der Waals surface area contributed by atoms with E-state index in [2.05, 4.69) is 10.2 Å². The zero-order valence-electron chi connectivity index (χ0n) is 11.9. The first kappa shape index (κ1) is 13.5. The summed E-state index contributed by atoms with van der Waals surface area (Å²) in [6.45, 7) is 3.75. The number of nitrogens with zero attached hydrogens (tertiary/aromatic N) is 4. The van der Waals surface area contributed by atoms with Crippen LogP contribution < -0.4 is 0 Å². The quantitative estimate of drug-likeness (QED) is 0.799. The Morgan fingerprint density at radius 3 is 2.29 bits per heavy atom. The number of hydrogen-bond acceptors (Lipinski definition) is 4. The van der Waals surface area contributed by atoms with Gasteiger partial charge in [-0.1, -0.05) is 32.0 Å². The van der Waals surface area contributed by atoms with Gasteiger partial charge in [-0.25, -0.2) is 0 Å². The zero-order chi connectivity index (χ0) is 15.0. The molecule has 0 N–H and O–H groups in total. The average Bonchev–Trinajstić information content (AvgIpc) is 3.05. The number of likely N-dealkylation sites (tertiary alicyclic amines) is 1. The van der Waals surface area contributed by atoms with E-state index >= 15 is 0 Å². The smallest absolute Gasteiger partial charge is 0.233 e. The van der Waals surface area contributed by atoms with Gasteiger partial charge in [0.1, 0.15) is 5.69 Å². The van der Waals surface area contributed by atoms with E-state index in [0.717, 1.165) is 5.69 Å². The Hall–Kier alpha value is -2.50. The largest absolute Gasteiger partial charge is 0.276 e. The van der Waals surface area contributed by atoms with E-state index < -0.39 is 0 Å². The van der Waals surface area contributed by atoms with Crippen molar-refractivity contribution in [1.82, 2.24) is 19.9 Å². The summed E-state index contributed by atoms with van der Waals surface area (Å²) in [5, 5.41) is 8.50. The van der Waals surface area contributed by atoms with Crippen LogP contribution in [0.4, 0.5) is 0 Å². The fraction of sp³-hybridized carbons (Fsp3) is 0.333. The molecular weight excluding hydrogens is 268 g/mol. The normalized spacial score (nSPS) is 22.1. The standard InChI is InChI=1S/C15H16N4O2/c1-10-11(2)15(21)18(14(10)20)9-12-8-16-19(17-12)13-6-4-3-5-7-13/h3-8,10-11H,9H2,1-2H3/t10-,11+. The lowest BCUT2D eigenvalue weighted by Crippen LogP contribution is -2.30. The molecule has 1 fully saturated rings. The second-order valence-electron chi connectivity index (χ2n) is 5.30. The average molecular weight is 284 g/mol. The van der Waals surface area contributed by atoms with E-state index in [-0.39, 0.29) is 30.2 Å². The molecule has 1 saturated heterocycles. The first-order valence-corrected chi connectivity index (χ1v) is 6.90. The van der Waals surface area contributed by atoms with Crippen molar-refractivity contribution in [2.75, 3.05) is 0 Å². The topological polar surface area (TPSA) is 68.1 Å². The predicted molar refractivity (Wildman–Crippen MR) is 75.2 cm³/mol. The molecule has 1 aliphatic rings. The third-order valence-electron chi connectivity index (χ3n) is 3.91. The van der Waals surface area contributed by atoms with E-state index in [0.29, 0.717) is 5.69 Å². The van der Waals surface area contributed by atoms with Crippen molar-refractivity contribution in [2.45, 2.75) is 20.4 Å². The van der Waals surface area contributed by atoms with Crippen LogP contribution in [0.3, 0.4) is 0 Å². The molecule has 1 aromatic heterocycles. The lowest BCUT2D eigenvalue weighted by Gasteiger charge is -2.12. The Balaban J connectivity index is 1.79. The Kier molecular flexibility index (Phi) is 3.29. The Bertz CT molecular complexity index is 660. The third-order valence-corrected chi connectivity index (χ3v) is 3.91. The van der Waals surface area contributed by atoms with Crippen molar-refractivity contribution in [3.63, 3.8) is 0 Å². The summed E-state index contributed by atoms with van der Waals surface area (Å²) in [5.41, 5.74) is 1.44. The number of aromatic nitrogens is 3. The molecule has 2 amide bonds. The number of imide groups is 1. The van der Waals surface area contributed by atoms with Crippen molar-refractivity contribution in [2.24, 2.45) is 11.8 Å². The van der Waals surface area contributed by atoms with Gasteiger partial charge in [-0.2, -0.15) is 15.0 Å². The molecule has 2 atom stereocenters. The van der Waals surface area contributed by atoms with Gasteiger partial charge in [0.15, 0.2) is 0 Å². The second kappa shape index (κ2) is 5.12. The highest BCUT2D eigenvalue weighted by Gasteiger charge is 2.42. The van der Waals surface area contributed by atoms with Crippen LogP contribution in [0.5, 0.6) is 0 Å². The van der Waals surface area contributed by atoms with Crippen LogP contribution in [0.2, 0.25) is 0 Å². The highest BCUT2D eigenvalue weighted by atomic mass is 16.2. The highest BCUT2D eigenvalue weighted by Crippen LogP contribution is 2.26. The summed E-state index contributed by atoms with van der Waals surface area (Å²) in [6, 6.07) is 9.49. The first-order chi connectivity index (χ1) is 10.1. The second-order valence-corrected chi connectivity index (χ2v) is 5.30. The number of carbonyl (C=O) groups excluding carboxylic acids is 2. The minimum atomic E-state index is -0.262. The summed E-state index contributed by atoms with van der Waals surface area (Å²) in [4.78, 5) is 26.9. The highest BCUT2D eigenvalue weighted by molar-refractivity contribution is 6.04. The Morgan fingerprint density at radius 1 is 1.05 bits per heavy atom. The zero-order valence-corrected chi connectivity index (χ0v) is 11.9. The number of amides is 2. The molecule has 0 radical (unpaired) electrons. The molecule has 0 bridgehead atoms. The first-order valence-electron chi connectivity index (χ1n) is 6.90. The summed E-state index contributed by atoms with van der Waals surface area (Å²) in [6.07, 6.45) is 1.58. The molecule has 108 valence electrons. The van der Waals surface area contributed by atoms with Gasteiger partial charge in [-0.05, 0) is 12.1 Å². The minimum Gasteiger partial charge on any atom is -0.276 e. The third kappa shape index (κ3) is 2.33. The number of carbonyl (C=O) groups is 2. The van der Waals surface area contributed by atoms with Crippen LogP contribution >= 0.6 is 0 Å². The van der Waals surface area contributed by atoms with E-state index in [1.807, 2.05) is 30.3 Å². The maximum atomic E-state index is 12.1. The monoisotopic (exact) mass is 284 g/mol. The molecule has 3 rings (SSSR count). The maximum absolute atomic E-state index is 12.1. The molecular formula is C15H16N4O2. The molecule has 1 aromatic carbocycles. The van der Waals surface area contributed by atoms with Crippen LogP contribution in [0.15, 0.2) is 36.5 Å². The molecule has 1 aliphatic heterocycles. The van der Waals surface area contributed by atoms with E-state index in [9.17, 15) is 9.59 Å². The SMILES string of the molecule is C[C@@H]1C(=O)N(Cc2cnn(-c3ccccc3)n2)C(=O)[C@@H]1C. The number of benzene rings is 1. The van der Waals surface area contributed by atoms with Gasteiger partial charge in [-0.3, -0.25) is 14.5 Å². The molecule has 0 unspecified atom stereocenters.